The molecule has 0 amide bonds. The van der Waals surface area contributed by atoms with Gasteiger partial charge in [-0.15, -0.1) is 10.2 Å². The number of sulfonamides is 1. The summed E-state index contributed by atoms with van der Waals surface area (Å²) in [5.41, 5.74) is 1.02. The maximum atomic E-state index is 12.5. The zero-order valence-electron chi connectivity index (χ0n) is 13.2. The molecule has 0 radical (unpaired) electrons. The van der Waals surface area contributed by atoms with Crippen LogP contribution in [-0.2, 0) is 10.0 Å². The third kappa shape index (κ3) is 3.30. The van der Waals surface area contributed by atoms with Crippen LogP contribution in [0.2, 0.25) is 0 Å². The zero-order chi connectivity index (χ0) is 17.2. The van der Waals surface area contributed by atoms with Crippen LogP contribution in [0.25, 0.3) is 11.5 Å². The fourth-order valence-corrected chi connectivity index (χ4v) is 3.12. The maximum absolute atomic E-state index is 12.5. The minimum Gasteiger partial charge on any atom is -0.423 e. The van der Waals surface area contributed by atoms with E-state index in [0.29, 0.717) is 17.1 Å². The summed E-state index contributed by atoms with van der Waals surface area (Å²) >= 11 is 0. The highest BCUT2D eigenvalue weighted by molar-refractivity contribution is 7.92. The van der Waals surface area contributed by atoms with Crippen molar-refractivity contribution < 1.29 is 12.8 Å². The van der Waals surface area contributed by atoms with Crippen LogP contribution in [0.4, 0.5) is 5.69 Å². The number of hydrogen-bond donors (Lipinski definition) is 1. The lowest BCUT2D eigenvalue weighted by molar-refractivity contribution is 0.529. The summed E-state index contributed by atoms with van der Waals surface area (Å²) in [5, 5.41) is 7.39. The van der Waals surface area contributed by atoms with Crippen molar-refractivity contribution in [2.45, 2.75) is 31.3 Å². The summed E-state index contributed by atoms with van der Waals surface area (Å²) < 4.78 is 34.4. The molecule has 0 aliphatic rings. The lowest BCUT2D eigenvalue weighted by Crippen LogP contribution is -2.13. The Bertz CT molecular complexity index is 918. The van der Waals surface area contributed by atoms with Crippen molar-refractivity contribution in [3.05, 3.63) is 43.2 Å². The predicted octanol–water partition coefficient (Wildman–Crippen LogP) is 2.70. The van der Waals surface area contributed by atoms with Gasteiger partial charge in [0.25, 0.3) is 10.0 Å². The molecule has 0 aliphatic carbocycles. The first-order chi connectivity index (χ1) is 11.5. The van der Waals surface area contributed by atoms with Crippen molar-refractivity contribution >= 4 is 15.7 Å². The molecule has 0 bridgehead atoms. The maximum Gasteiger partial charge on any atom is 0.280 e. The van der Waals surface area contributed by atoms with Crippen molar-refractivity contribution in [1.82, 2.24) is 19.7 Å². The molecule has 126 valence electrons. The van der Waals surface area contributed by atoms with Crippen LogP contribution in [0.3, 0.4) is 0 Å². The van der Waals surface area contributed by atoms with Crippen molar-refractivity contribution in [2.75, 3.05) is 4.72 Å². The monoisotopic (exact) mass is 347 g/mol. The Balaban J connectivity index is 1.84. The molecule has 8 nitrogen and oxygen atoms in total. The summed E-state index contributed by atoms with van der Waals surface area (Å²) in [7, 11) is -3.77. The van der Waals surface area contributed by atoms with E-state index in [1.165, 1.54) is 18.9 Å². The van der Waals surface area contributed by atoms with Crippen LogP contribution < -0.4 is 4.72 Å². The first-order valence-electron chi connectivity index (χ1n) is 7.42. The molecule has 1 aromatic carbocycles. The number of hydrogen-bond acceptors (Lipinski definition) is 6. The predicted molar refractivity (Wildman–Crippen MR) is 87.8 cm³/mol. The van der Waals surface area contributed by atoms with Gasteiger partial charge in [0, 0.05) is 23.5 Å². The fourth-order valence-electron chi connectivity index (χ4n) is 2.13. The van der Waals surface area contributed by atoms with Gasteiger partial charge in [-0.1, -0.05) is 13.0 Å². The van der Waals surface area contributed by atoms with E-state index in [1.807, 2.05) is 13.8 Å². The van der Waals surface area contributed by atoms with Crippen molar-refractivity contribution in [2.24, 2.45) is 0 Å². The normalized spacial score (nSPS) is 12.9. The average Bonchev–Trinajstić information content (AvgIpc) is 3.25. The highest BCUT2D eigenvalue weighted by Gasteiger charge is 2.19. The molecule has 2 aromatic heterocycles. The van der Waals surface area contributed by atoms with Crippen molar-refractivity contribution in [1.29, 1.82) is 0 Å². The minimum absolute atomic E-state index is 0.0222. The molecule has 9 heteroatoms. The molecule has 1 N–H and O–H groups in total. The smallest absolute Gasteiger partial charge is 0.280 e. The van der Waals surface area contributed by atoms with Gasteiger partial charge in [-0.3, -0.25) is 4.72 Å². The fraction of sp³-hybridized carbons (Fsp3) is 0.267. The van der Waals surface area contributed by atoms with Gasteiger partial charge in [-0.05, 0) is 31.5 Å². The Hall–Kier alpha value is -2.68. The van der Waals surface area contributed by atoms with Crippen LogP contribution >= 0.6 is 0 Å². The van der Waals surface area contributed by atoms with Gasteiger partial charge in [0.15, 0.2) is 5.03 Å². The molecule has 0 spiro atoms. The van der Waals surface area contributed by atoms with E-state index in [2.05, 4.69) is 19.9 Å². The van der Waals surface area contributed by atoms with Gasteiger partial charge in [0.2, 0.25) is 12.3 Å². The molecular formula is C15H17N5O3S. The first-order valence-corrected chi connectivity index (χ1v) is 8.91. The molecule has 0 saturated heterocycles. The quantitative estimate of drug-likeness (QED) is 0.735. The Morgan fingerprint density at radius 2 is 2.21 bits per heavy atom. The van der Waals surface area contributed by atoms with Gasteiger partial charge in [-0.2, -0.15) is 8.42 Å². The molecule has 2 heterocycles. The van der Waals surface area contributed by atoms with Crippen LogP contribution in [0.5, 0.6) is 0 Å². The lowest BCUT2D eigenvalue weighted by atomic mass is 10.2. The van der Waals surface area contributed by atoms with Gasteiger partial charge in [0.1, 0.15) is 0 Å². The Labute approximate surface area is 139 Å². The highest BCUT2D eigenvalue weighted by atomic mass is 32.2. The van der Waals surface area contributed by atoms with E-state index < -0.39 is 10.0 Å². The molecule has 0 fully saturated rings. The molecule has 3 aromatic rings. The average molecular weight is 347 g/mol. The molecule has 0 aliphatic heterocycles. The summed E-state index contributed by atoms with van der Waals surface area (Å²) in [4.78, 5) is 4.00. The SMILES string of the molecule is CC[C@@H](C)n1cnc(S(=O)(=O)Nc2cccc(-c3nnco3)c2)c1. The van der Waals surface area contributed by atoms with Gasteiger partial charge >= 0.3 is 0 Å². The van der Waals surface area contributed by atoms with Crippen LogP contribution in [0.15, 0.2) is 52.6 Å². The number of rotatable bonds is 6. The Morgan fingerprint density at radius 3 is 2.92 bits per heavy atom. The third-order valence-electron chi connectivity index (χ3n) is 3.67. The largest absolute Gasteiger partial charge is 0.423 e. The highest BCUT2D eigenvalue weighted by Crippen LogP contribution is 2.22. The van der Waals surface area contributed by atoms with Crippen molar-refractivity contribution in [3.63, 3.8) is 0 Å². The minimum atomic E-state index is -3.77. The van der Waals surface area contributed by atoms with E-state index in [9.17, 15) is 8.42 Å². The van der Waals surface area contributed by atoms with Gasteiger partial charge in [-0.25, -0.2) is 4.98 Å². The summed E-state index contributed by atoms with van der Waals surface area (Å²) in [6.45, 7) is 4.03. The van der Waals surface area contributed by atoms with E-state index in [1.54, 1.807) is 28.8 Å². The Kier molecular flexibility index (Phi) is 4.34. The molecular weight excluding hydrogens is 330 g/mol. The van der Waals surface area contributed by atoms with Crippen LogP contribution in [0, 0.1) is 0 Å². The van der Waals surface area contributed by atoms with Crippen LogP contribution in [-0.4, -0.2) is 28.2 Å². The number of benzene rings is 1. The molecule has 3 rings (SSSR count). The summed E-state index contributed by atoms with van der Waals surface area (Å²) in [6, 6.07) is 6.90. The number of aromatic nitrogens is 4. The standard InChI is InChI=1S/C15H17N5O3S/c1-3-11(2)20-8-14(16-9-20)24(21,22)19-13-6-4-5-12(7-13)15-18-17-10-23-15/h4-11,19H,3H2,1-2H3/t11-/m1/s1. The van der Waals surface area contributed by atoms with Gasteiger partial charge in [0.05, 0.1) is 6.33 Å². The van der Waals surface area contributed by atoms with E-state index in [-0.39, 0.29) is 11.1 Å². The first kappa shape index (κ1) is 16.2. The molecule has 24 heavy (non-hydrogen) atoms. The van der Waals surface area contributed by atoms with Crippen molar-refractivity contribution in [3.8, 4) is 11.5 Å². The number of nitrogens with one attached hydrogen (secondary N) is 1. The van der Waals surface area contributed by atoms with E-state index in [0.717, 1.165) is 6.42 Å². The second kappa shape index (κ2) is 6.44. The topological polar surface area (TPSA) is 103 Å². The number of anilines is 1. The van der Waals surface area contributed by atoms with Gasteiger partial charge < -0.3 is 8.98 Å². The zero-order valence-corrected chi connectivity index (χ0v) is 14.1. The molecule has 1 atom stereocenters. The second-order valence-electron chi connectivity index (χ2n) is 5.35. The van der Waals surface area contributed by atoms with Crippen LogP contribution in [0.1, 0.15) is 26.3 Å². The Morgan fingerprint density at radius 1 is 1.38 bits per heavy atom. The summed E-state index contributed by atoms with van der Waals surface area (Å²) in [6.07, 6.45) is 5.15. The molecule has 0 saturated carbocycles. The lowest BCUT2D eigenvalue weighted by Gasteiger charge is -2.09. The number of nitrogens with zero attached hydrogens (tertiary/aromatic N) is 4. The summed E-state index contributed by atoms with van der Waals surface area (Å²) in [5.74, 6) is 0.317. The second-order valence-corrected chi connectivity index (χ2v) is 6.98. The van der Waals surface area contributed by atoms with E-state index >= 15 is 0 Å². The molecule has 0 unspecified atom stereocenters. The third-order valence-corrected chi connectivity index (χ3v) is 4.94. The number of imidazole rings is 1. The van der Waals surface area contributed by atoms with E-state index in [4.69, 9.17) is 4.42 Å².